The SMILES string of the molecule is NCCCOc1ccccc1C=C1c2ccccc2-c2ccc([N+](=O)[O-])cc21. The Morgan fingerprint density at radius 1 is 0.929 bits per heavy atom. The highest BCUT2D eigenvalue weighted by atomic mass is 16.6. The van der Waals surface area contributed by atoms with E-state index >= 15 is 0 Å². The second kappa shape index (κ2) is 7.66. The Balaban J connectivity index is 1.84. The number of hydrogen-bond donors (Lipinski definition) is 1. The second-order valence-electron chi connectivity index (χ2n) is 6.62. The Hall–Kier alpha value is -3.44. The van der Waals surface area contributed by atoms with E-state index in [0.717, 1.165) is 45.6 Å². The number of hydrogen-bond acceptors (Lipinski definition) is 4. The Morgan fingerprint density at radius 2 is 1.64 bits per heavy atom. The van der Waals surface area contributed by atoms with Crippen molar-refractivity contribution in [2.75, 3.05) is 13.2 Å². The van der Waals surface area contributed by atoms with Crippen molar-refractivity contribution in [2.24, 2.45) is 5.73 Å². The van der Waals surface area contributed by atoms with Gasteiger partial charge in [0.1, 0.15) is 5.75 Å². The lowest BCUT2D eigenvalue weighted by Crippen LogP contribution is -2.06. The fraction of sp³-hybridized carbons (Fsp3) is 0.130. The van der Waals surface area contributed by atoms with Gasteiger partial charge >= 0.3 is 0 Å². The van der Waals surface area contributed by atoms with Crippen LogP contribution in [-0.2, 0) is 0 Å². The lowest BCUT2D eigenvalue weighted by Gasteiger charge is -2.10. The Labute approximate surface area is 163 Å². The van der Waals surface area contributed by atoms with Crippen molar-refractivity contribution in [3.05, 3.63) is 93.5 Å². The van der Waals surface area contributed by atoms with Crippen molar-refractivity contribution in [1.29, 1.82) is 0 Å². The van der Waals surface area contributed by atoms with Gasteiger partial charge in [0.15, 0.2) is 0 Å². The van der Waals surface area contributed by atoms with Crippen LogP contribution >= 0.6 is 0 Å². The third-order valence-electron chi connectivity index (χ3n) is 4.84. The van der Waals surface area contributed by atoms with Gasteiger partial charge in [-0.3, -0.25) is 10.1 Å². The average molecular weight is 372 g/mol. The zero-order valence-electron chi connectivity index (χ0n) is 15.3. The maximum atomic E-state index is 11.3. The second-order valence-corrected chi connectivity index (χ2v) is 6.62. The van der Waals surface area contributed by atoms with Crippen LogP contribution in [0.25, 0.3) is 22.8 Å². The maximum absolute atomic E-state index is 11.3. The zero-order chi connectivity index (χ0) is 19.5. The number of non-ortho nitro benzene ring substituents is 1. The molecule has 0 saturated heterocycles. The van der Waals surface area contributed by atoms with Gasteiger partial charge in [0.25, 0.3) is 5.69 Å². The van der Waals surface area contributed by atoms with E-state index in [4.69, 9.17) is 10.5 Å². The largest absolute Gasteiger partial charge is 0.493 e. The number of nitro groups is 1. The summed E-state index contributed by atoms with van der Waals surface area (Å²) in [4.78, 5) is 10.9. The van der Waals surface area contributed by atoms with Crippen LogP contribution in [0.1, 0.15) is 23.1 Å². The highest BCUT2D eigenvalue weighted by Crippen LogP contribution is 2.46. The molecule has 0 aliphatic heterocycles. The highest BCUT2D eigenvalue weighted by Gasteiger charge is 2.25. The molecule has 5 nitrogen and oxygen atoms in total. The number of benzene rings is 3. The molecule has 4 rings (SSSR count). The summed E-state index contributed by atoms with van der Waals surface area (Å²) in [5.41, 5.74) is 11.6. The van der Waals surface area contributed by atoms with Gasteiger partial charge in [0.2, 0.25) is 0 Å². The van der Waals surface area contributed by atoms with Crippen LogP contribution in [0.15, 0.2) is 66.7 Å². The monoisotopic (exact) mass is 372 g/mol. The van der Waals surface area contributed by atoms with Gasteiger partial charge in [-0.2, -0.15) is 0 Å². The molecule has 2 N–H and O–H groups in total. The summed E-state index contributed by atoms with van der Waals surface area (Å²) in [6, 6.07) is 20.9. The Kier molecular flexibility index (Phi) is 4.91. The molecule has 1 aliphatic rings. The molecule has 0 aromatic heterocycles. The van der Waals surface area contributed by atoms with Gasteiger partial charge < -0.3 is 10.5 Å². The van der Waals surface area contributed by atoms with Crippen LogP contribution in [0, 0.1) is 10.1 Å². The molecule has 5 heteroatoms. The zero-order valence-corrected chi connectivity index (χ0v) is 15.3. The molecule has 0 bridgehead atoms. The van der Waals surface area contributed by atoms with Gasteiger partial charge in [0, 0.05) is 17.7 Å². The fourth-order valence-electron chi connectivity index (χ4n) is 3.51. The van der Waals surface area contributed by atoms with E-state index in [1.54, 1.807) is 12.1 Å². The molecule has 3 aromatic carbocycles. The summed E-state index contributed by atoms with van der Waals surface area (Å²) in [7, 11) is 0. The molecule has 0 heterocycles. The molecule has 0 amide bonds. The maximum Gasteiger partial charge on any atom is 0.270 e. The molecule has 0 fully saturated rings. The van der Waals surface area contributed by atoms with E-state index in [0.29, 0.717) is 13.2 Å². The first-order valence-corrected chi connectivity index (χ1v) is 9.21. The lowest BCUT2D eigenvalue weighted by molar-refractivity contribution is -0.384. The van der Waals surface area contributed by atoms with Crippen LogP contribution in [-0.4, -0.2) is 18.1 Å². The molecular formula is C23H20N2O3. The van der Waals surface area contributed by atoms with Crippen molar-refractivity contribution < 1.29 is 9.66 Å². The summed E-state index contributed by atoms with van der Waals surface area (Å²) in [5, 5.41) is 11.3. The lowest BCUT2D eigenvalue weighted by atomic mass is 10.0. The summed E-state index contributed by atoms with van der Waals surface area (Å²) in [5.74, 6) is 0.778. The first kappa shape index (κ1) is 17.9. The topological polar surface area (TPSA) is 78.4 Å². The first-order valence-electron chi connectivity index (χ1n) is 9.21. The number of fused-ring (bicyclic) bond motifs is 3. The molecule has 0 unspecified atom stereocenters. The molecule has 28 heavy (non-hydrogen) atoms. The molecule has 0 atom stereocenters. The van der Waals surface area contributed by atoms with Gasteiger partial charge in [0.05, 0.1) is 11.5 Å². The third kappa shape index (κ3) is 3.28. The standard InChI is InChI=1S/C23H20N2O3/c24-12-5-13-28-23-9-4-1-6-16(23)14-21-19-8-3-2-7-18(19)20-11-10-17(25(26)27)15-22(20)21/h1-4,6-11,14-15H,5,12-13,24H2. The van der Waals surface area contributed by atoms with Crippen molar-refractivity contribution in [2.45, 2.75) is 6.42 Å². The normalized spacial score (nSPS) is 13.2. The quantitative estimate of drug-likeness (QED) is 0.297. The van der Waals surface area contributed by atoms with Gasteiger partial charge in [-0.15, -0.1) is 0 Å². The van der Waals surface area contributed by atoms with Crippen LogP contribution < -0.4 is 10.5 Å². The molecule has 0 radical (unpaired) electrons. The summed E-state index contributed by atoms with van der Waals surface area (Å²) >= 11 is 0. The molecule has 3 aromatic rings. The van der Waals surface area contributed by atoms with Gasteiger partial charge in [-0.1, -0.05) is 42.5 Å². The van der Waals surface area contributed by atoms with Gasteiger partial charge in [-0.25, -0.2) is 0 Å². The minimum absolute atomic E-state index is 0.0879. The summed E-state index contributed by atoms with van der Waals surface area (Å²) in [6.45, 7) is 1.13. The minimum atomic E-state index is -0.356. The number of para-hydroxylation sites is 1. The van der Waals surface area contributed by atoms with E-state index in [1.807, 2.05) is 60.7 Å². The van der Waals surface area contributed by atoms with E-state index in [2.05, 4.69) is 0 Å². The first-order chi connectivity index (χ1) is 13.7. The van der Waals surface area contributed by atoms with Crippen molar-refractivity contribution in [1.82, 2.24) is 0 Å². The number of nitrogens with two attached hydrogens (primary N) is 1. The number of ether oxygens (including phenoxy) is 1. The number of nitrogens with zero attached hydrogens (tertiary/aromatic N) is 1. The minimum Gasteiger partial charge on any atom is -0.493 e. The van der Waals surface area contributed by atoms with Crippen LogP contribution in [0.4, 0.5) is 5.69 Å². The van der Waals surface area contributed by atoms with Crippen LogP contribution in [0.5, 0.6) is 5.75 Å². The summed E-state index contributed by atoms with van der Waals surface area (Å²) < 4.78 is 5.89. The smallest absolute Gasteiger partial charge is 0.270 e. The highest BCUT2D eigenvalue weighted by molar-refractivity contribution is 6.07. The van der Waals surface area contributed by atoms with Gasteiger partial charge in [-0.05, 0) is 59.0 Å². The van der Waals surface area contributed by atoms with E-state index in [-0.39, 0.29) is 10.6 Å². The molecule has 0 saturated carbocycles. The fourth-order valence-corrected chi connectivity index (χ4v) is 3.51. The molecule has 140 valence electrons. The van der Waals surface area contributed by atoms with E-state index in [1.165, 1.54) is 0 Å². The summed E-state index contributed by atoms with van der Waals surface area (Å²) in [6.07, 6.45) is 2.83. The molecule has 1 aliphatic carbocycles. The average Bonchev–Trinajstić information content (AvgIpc) is 3.03. The Bertz CT molecular complexity index is 1070. The predicted octanol–water partition coefficient (Wildman–Crippen LogP) is 4.89. The molecule has 0 spiro atoms. The van der Waals surface area contributed by atoms with E-state index < -0.39 is 0 Å². The number of rotatable bonds is 6. The molecular weight excluding hydrogens is 352 g/mol. The van der Waals surface area contributed by atoms with Crippen molar-refractivity contribution >= 4 is 17.3 Å². The Morgan fingerprint density at radius 3 is 2.43 bits per heavy atom. The predicted molar refractivity (Wildman–Crippen MR) is 111 cm³/mol. The van der Waals surface area contributed by atoms with E-state index in [9.17, 15) is 10.1 Å². The van der Waals surface area contributed by atoms with Crippen molar-refractivity contribution in [3.8, 4) is 16.9 Å². The van der Waals surface area contributed by atoms with Crippen LogP contribution in [0.2, 0.25) is 0 Å². The van der Waals surface area contributed by atoms with Crippen molar-refractivity contribution in [3.63, 3.8) is 0 Å². The third-order valence-corrected chi connectivity index (χ3v) is 4.84. The number of nitro benzene ring substituents is 1. The van der Waals surface area contributed by atoms with Crippen LogP contribution in [0.3, 0.4) is 0 Å².